The number of Topliss-reactive ketones (excluding diaryl/α,β-unsaturated/α-hetero) is 1. The van der Waals surface area contributed by atoms with Crippen LogP contribution < -0.4 is 0 Å². The Kier molecular flexibility index (Phi) is 1.47. The topological polar surface area (TPSA) is 17.1 Å². The normalized spacial score (nSPS) is 20.6. The Labute approximate surface area is 49.4 Å². The third kappa shape index (κ3) is 0.971. The Morgan fingerprint density at radius 1 is 1.62 bits per heavy atom. The predicted molar refractivity (Wildman–Crippen MR) is 32.3 cm³/mol. The van der Waals surface area contributed by atoms with E-state index >= 15 is 0 Å². The molecule has 0 aromatic heterocycles. The lowest BCUT2D eigenvalue weighted by Gasteiger charge is -2.04. The molecule has 1 radical (unpaired) electrons. The van der Waals surface area contributed by atoms with Crippen LogP contribution in [0.25, 0.3) is 0 Å². The predicted octanol–water partition coefficient (Wildman–Crippen LogP) is 1.50. The van der Waals surface area contributed by atoms with Crippen molar-refractivity contribution in [2.75, 3.05) is 0 Å². The van der Waals surface area contributed by atoms with Crippen molar-refractivity contribution >= 4 is 5.78 Å². The molecular formula is C7H9O. The molecule has 0 heterocycles. The summed E-state index contributed by atoms with van der Waals surface area (Å²) in [5.74, 6) is 0.219. The first-order valence-corrected chi connectivity index (χ1v) is 2.86. The van der Waals surface area contributed by atoms with Crippen molar-refractivity contribution in [2.45, 2.75) is 19.3 Å². The number of rotatable bonds is 0. The molecule has 1 heteroatoms. The second kappa shape index (κ2) is 2.12. The zero-order chi connectivity index (χ0) is 5.98. The summed E-state index contributed by atoms with van der Waals surface area (Å²) in [5.41, 5.74) is 0.705. The lowest BCUT2D eigenvalue weighted by Crippen LogP contribution is -2.03. The highest BCUT2D eigenvalue weighted by molar-refractivity contribution is 5.96. The van der Waals surface area contributed by atoms with Gasteiger partial charge in [-0.25, -0.2) is 0 Å². The van der Waals surface area contributed by atoms with Gasteiger partial charge >= 0.3 is 0 Å². The molecule has 1 nitrogen and oxygen atoms in total. The van der Waals surface area contributed by atoms with Crippen LogP contribution in [-0.2, 0) is 4.79 Å². The molecule has 0 unspecified atom stereocenters. The molecule has 0 aliphatic heterocycles. The molecule has 1 aliphatic rings. The lowest BCUT2D eigenvalue weighted by atomic mass is 10.00. The van der Waals surface area contributed by atoms with Gasteiger partial charge < -0.3 is 0 Å². The van der Waals surface area contributed by atoms with Crippen molar-refractivity contribution in [3.05, 3.63) is 18.6 Å². The molecule has 8 heavy (non-hydrogen) atoms. The maximum Gasteiger partial charge on any atom is 0.158 e. The van der Waals surface area contributed by atoms with Crippen LogP contribution in [-0.4, -0.2) is 5.78 Å². The molecule has 0 fully saturated rings. The SMILES string of the molecule is [CH2]C1=CCCCC1=O. The Hall–Kier alpha value is -0.590. The van der Waals surface area contributed by atoms with Crippen LogP contribution in [0.4, 0.5) is 0 Å². The number of carbonyl (C=O) groups is 1. The van der Waals surface area contributed by atoms with Gasteiger partial charge in [0, 0.05) is 6.42 Å². The van der Waals surface area contributed by atoms with E-state index in [2.05, 4.69) is 6.92 Å². The van der Waals surface area contributed by atoms with Gasteiger partial charge in [-0.3, -0.25) is 4.79 Å². The number of hydrogen-bond donors (Lipinski definition) is 0. The van der Waals surface area contributed by atoms with E-state index in [9.17, 15) is 4.79 Å². The third-order valence-electron chi connectivity index (χ3n) is 1.36. The lowest BCUT2D eigenvalue weighted by molar-refractivity contribution is -0.115. The van der Waals surface area contributed by atoms with Crippen molar-refractivity contribution in [2.24, 2.45) is 0 Å². The van der Waals surface area contributed by atoms with E-state index in [1.165, 1.54) is 0 Å². The van der Waals surface area contributed by atoms with Crippen LogP contribution in [0.3, 0.4) is 0 Å². The van der Waals surface area contributed by atoms with Crippen LogP contribution in [0.1, 0.15) is 19.3 Å². The monoisotopic (exact) mass is 109 g/mol. The molecule has 0 N–H and O–H groups in total. The van der Waals surface area contributed by atoms with Crippen molar-refractivity contribution in [3.63, 3.8) is 0 Å². The summed E-state index contributed by atoms with van der Waals surface area (Å²) in [7, 11) is 0. The first kappa shape index (κ1) is 5.54. The molecule has 0 aromatic carbocycles. The van der Waals surface area contributed by atoms with E-state index in [-0.39, 0.29) is 5.78 Å². The molecular weight excluding hydrogens is 100 g/mol. The Bertz CT molecular complexity index is 133. The Morgan fingerprint density at radius 2 is 2.38 bits per heavy atom. The fourth-order valence-corrected chi connectivity index (χ4v) is 0.813. The zero-order valence-corrected chi connectivity index (χ0v) is 4.81. The summed E-state index contributed by atoms with van der Waals surface area (Å²) in [6.45, 7) is 3.59. The minimum absolute atomic E-state index is 0.219. The Balaban J connectivity index is 2.67. The average Bonchev–Trinajstić information content (AvgIpc) is 1.77. The molecule has 1 rings (SSSR count). The molecule has 0 amide bonds. The fraction of sp³-hybridized carbons (Fsp3) is 0.429. The Morgan fingerprint density at radius 3 is 2.75 bits per heavy atom. The van der Waals surface area contributed by atoms with Gasteiger partial charge in [0.05, 0.1) is 0 Å². The maximum atomic E-state index is 10.7. The molecule has 0 bridgehead atoms. The summed E-state index contributed by atoms with van der Waals surface area (Å²) < 4.78 is 0. The minimum atomic E-state index is 0.219. The molecule has 0 saturated carbocycles. The average molecular weight is 109 g/mol. The molecule has 0 atom stereocenters. The van der Waals surface area contributed by atoms with Crippen molar-refractivity contribution in [3.8, 4) is 0 Å². The number of hydrogen-bond acceptors (Lipinski definition) is 1. The highest BCUT2D eigenvalue weighted by Gasteiger charge is 2.07. The quantitative estimate of drug-likeness (QED) is 0.460. The van der Waals surface area contributed by atoms with E-state index in [1.807, 2.05) is 6.08 Å². The van der Waals surface area contributed by atoms with Gasteiger partial charge in [0.1, 0.15) is 0 Å². The largest absolute Gasteiger partial charge is 0.295 e. The third-order valence-corrected chi connectivity index (χ3v) is 1.36. The zero-order valence-electron chi connectivity index (χ0n) is 4.81. The van der Waals surface area contributed by atoms with E-state index in [4.69, 9.17) is 0 Å². The standard InChI is InChI=1S/C7H9O/c1-6-4-2-3-5-7(6)8/h4H,1-3,5H2. The van der Waals surface area contributed by atoms with Crippen molar-refractivity contribution < 1.29 is 4.79 Å². The second-order valence-corrected chi connectivity index (χ2v) is 2.04. The number of ketones is 1. The molecule has 0 saturated heterocycles. The minimum Gasteiger partial charge on any atom is -0.295 e. The van der Waals surface area contributed by atoms with Crippen LogP contribution in [0, 0.1) is 6.92 Å². The smallest absolute Gasteiger partial charge is 0.158 e. The summed E-state index contributed by atoms with van der Waals surface area (Å²) in [6, 6.07) is 0. The fourth-order valence-electron chi connectivity index (χ4n) is 0.813. The van der Waals surface area contributed by atoms with Crippen LogP contribution in [0.2, 0.25) is 0 Å². The van der Waals surface area contributed by atoms with Gasteiger partial charge in [0.25, 0.3) is 0 Å². The number of carbonyl (C=O) groups excluding carboxylic acids is 1. The summed E-state index contributed by atoms with van der Waals surface area (Å²) in [4.78, 5) is 10.7. The molecule has 0 aromatic rings. The summed E-state index contributed by atoms with van der Waals surface area (Å²) >= 11 is 0. The van der Waals surface area contributed by atoms with E-state index < -0.39 is 0 Å². The molecule has 1 aliphatic carbocycles. The van der Waals surface area contributed by atoms with Crippen LogP contribution >= 0.6 is 0 Å². The van der Waals surface area contributed by atoms with Crippen LogP contribution in [0.5, 0.6) is 0 Å². The molecule has 0 spiro atoms. The van der Waals surface area contributed by atoms with Gasteiger partial charge in [0.2, 0.25) is 0 Å². The van der Waals surface area contributed by atoms with Gasteiger partial charge in [0.15, 0.2) is 5.78 Å². The first-order valence-electron chi connectivity index (χ1n) is 2.86. The van der Waals surface area contributed by atoms with Gasteiger partial charge in [-0.1, -0.05) is 6.08 Å². The van der Waals surface area contributed by atoms with E-state index in [0.29, 0.717) is 12.0 Å². The molecule has 43 valence electrons. The van der Waals surface area contributed by atoms with Crippen molar-refractivity contribution in [1.82, 2.24) is 0 Å². The van der Waals surface area contributed by atoms with Crippen LogP contribution in [0.15, 0.2) is 11.6 Å². The van der Waals surface area contributed by atoms with Gasteiger partial charge in [-0.05, 0) is 25.3 Å². The first-order chi connectivity index (χ1) is 3.80. The summed E-state index contributed by atoms with van der Waals surface area (Å²) in [5, 5.41) is 0. The maximum absolute atomic E-state index is 10.7. The van der Waals surface area contributed by atoms with Gasteiger partial charge in [-0.15, -0.1) is 0 Å². The highest BCUT2D eigenvalue weighted by atomic mass is 16.1. The summed E-state index contributed by atoms with van der Waals surface area (Å²) in [6.07, 6.45) is 4.66. The highest BCUT2D eigenvalue weighted by Crippen LogP contribution is 2.11. The van der Waals surface area contributed by atoms with Crippen molar-refractivity contribution in [1.29, 1.82) is 0 Å². The second-order valence-electron chi connectivity index (χ2n) is 2.04. The van der Waals surface area contributed by atoms with E-state index in [1.54, 1.807) is 0 Å². The van der Waals surface area contributed by atoms with Gasteiger partial charge in [-0.2, -0.15) is 0 Å². The number of allylic oxidation sites excluding steroid dienone is 2. The van der Waals surface area contributed by atoms with E-state index in [0.717, 1.165) is 12.8 Å².